The third-order valence-electron chi connectivity index (χ3n) is 7.44. The zero-order chi connectivity index (χ0) is 30.7. The van der Waals surface area contributed by atoms with Gasteiger partial charge in [0.25, 0.3) is 5.91 Å². The number of ether oxygens (including phenoxy) is 2. The molecule has 5 rings (SSSR count). The fraction of sp³-hybridized carbons (Fsp3) is 0.242. The lowest BCUT2D eigenvalue weighted by molar-refractivity contribution is 0.0696. The zero-order valence-electron chi connectivity index (χ0n) is 24.0. The zero-order valence-corrected chi connectivity index (χ0v) is 24.7. The van der Waals surface area contributed by atoms with Crippen LogP contribution in [0.2, 0.25) is 0 Å². The van der Waals surface area contributed by atoms with Gasteiger partial charge in [0, 0.05) is 39.4 Å². The number of halogens is 2. The Kier molecular flexibility index (Phi) is 8.82. The molecule has 0 bridgehead atoms. The van der Waals surface area contributed by atoms with E-state index in [1.54, 1.807) is 19.2 Å². The monoisotopic (exact) mass is 603 g/mol. The summed E-state index contributed by atoms with van der Waals surface area (Å²) in [4.78, 5) is 33.7. The van der Waals surface area contributed by atoms with E-state index in [4.69, 9.17) is 21.1 Å². The number of carboxylic acids is 1. The Balaban J connectivity index is 1.51. The van der Waals surface area contributed by atoms with Crippen LogP contribution in [0.4, 0.5) is 4.39 Å². The number of nitrogens with zero attached hydrogens (tertiary/aromatic N) is 1. The summed E-state index contributed by atoms with van der Waals surface area (Å²) >= 11 is 6.75. The SMILES string of the molecule is CCCC(NC(=O)c1ccc(C2=C(Cl)CCC=C2c2nc3cc(OC)c(F)cc3[nH]2)c(C(=O)O)c1)c1ccccc1OC. The molecule has 3 aromatic carbocycles. The van der Waals surface area contributed by atoms with Crippen molar-refractivity contribution >= 4 is 45.7 Å². The number of allylic oxidation sites excluding steroid dienone is 4. The minimum absolute atomic E-state index is 0.0610. The van der Waals surface area contributed by atoms with Crippen LogP contribution in [-0.2, 0) is 0 Å². The normalized spacial score (nSPS) is 13.9. The van der Waals surface area contributed by atoms with Crippen LogP contribution in [0.1, 0.15) is 76.3 Å². The van der Waals surface area contributed by atoms with Crippen molar-refractivity contribution in [3.63, 3.8) is 0 Å². The molecule has 0 spiro atoms. The molecule has 1 aromatic heterocycles. The number of imidazole rings is 1. The second-order valence-corrected chi connectivity index (χ2v) is 10.6. The van der Waals surface area contributed by atoms with Crippen molar-refractivity contribution in [2.45, 2.75) is 38.6 Å². The van der Waals surface area contributed by atoms with E-state index in [1.807, 2.05) is 37.3 Å². The Labute approximate surface area is 253 Å². The van der Waals surface area contributed by atoms with Gasteiger partial charge in [-0.05, 0) is 43.0 Å². The van der Waals surface area contributed by atoms with Gasteiger partial charge in [0.2, 0.25) is 0 Å². The van der Waals surface area contributed by atoms with Gasteiger partial charge in [0.05, 0.1) is 36.9 Å². The summed E-state index contributed by atoms with van der Waals surface area (Å²) in [7, 11) is 2.96. The predicted molar refractivity (Wildman–Crippen MR) is 164 cm³/mol. The number of H-pyrrole nitrogens is 1. The predicted octanol–water partition coefficient (Wildman–Crippen LogP) is 7.52. The highest BCUT2D eigenvalue weighted by molar-refractivity contribution is 6.36. The Hall–Kier alpha value is -4.63. The molecule has 1 aliphatic rings. The van der Waals surface area contributed by atoms with Gasteiger partial charge in [0.1, 0.15) is 11.6 Å². The molecule has 1 aliphatic carbocycles. The molecule has 0 aliphatic heterocycles. The lowest BCUT2D eigenvalue weighted by atomic mass is 9.87. The van der Waals surface area contributed by atoms with E-state index in [1.165, 1.54) is 25.3 Å². The first-order valence-corrected chi connectivity index (χ1v) is 14.3. The summed E-state index contributed by atoms with van der Waals surface area (Å²) < 4.78 is 24.9. The fourth-order valence-corrected chi connectivity index (χ4v) is 5.70. The number of nitrogens with one attached hydrogen (secondary N) is 2. The molecule has 1 amide bonds. The summed E-state index contributed by atoms with van der Waals surface area (Å²) in [5.41, 5.74) is 3.32. The number of hydrogen-bond donors (Lipinski definition) is 3. The number of carboxylic acid groups (broad SMARTS) is 1. The van der Waals surface area contributed by atoms with Gasteiger partial charge in [-0.2, -0.15) is 0 Å². The van der Waals surface area contributed by atoms with Crippen LogP contribution < -0.4 is 14.8 Å². The molecule has 1 atom stereocenters. The highest BCUT2D eigenvalue weighted by atomic mass is 35.5. The van der Waals surface area contributed by atoms with Gasteiger partial charge < -0.3 is 24.9 Å². The third kappa shape index (κ3) is 5.99. The molecule has 1 heterocycles. The lowest BCUT2D eigenvalue weighted by Gasteiger charge is -2.22. The van der Waals surface area contributed by atoms with Gasteiger partial charge in [-0.15, -0.1) is 0 Å². The third-order valence-corrected chi connectivity index (χ3v) is 7.82. The number of fused-ring (bicyclic) bond motifs is 1. The summed E-state index contributed by atoms with van der Waals surface area (Å²) in [6.45, 7) is 2.02. The topological polar surface area (TPSA) is 114 Å². The first-order chi connectivity index (χ1) is 20.7. The van der Waals surface area contributed by atoms with E-state index in [-0.39, 0.29) is 22.9 Å². The number of aromatic amines is 1. The molecular weight excluding hydrogens is 573 g/mol. The molecule has 8 nitrogen and oxygen atoms in total. The van der Waals surface area contributed by atoms with E-state index in [0.717, 1.165) is 12.0 Å². The molecule has 4 aromatic rings. The number of rotatable bonds is 10. The van der Waals surface area contributed by atoms with Crippen LogP contribution in [0, 0.1) is 5.82 Å². The summed E-state index contributed by atoms with van der Waals surface area (Å²) in [6, 6.07) is 14.5. The highest BCUT2D eigenvalue weighted by Crippen LogP contribution is 2.42. The molecule has 222 valence electrons. The Morgan fingerprint density at radius 3 is 2.60 bits per heavy atom. The molecule has 0 saturated heterocycles. The van der Waals surface area contributed by atoms with E-state index < -0.39 is 17.7 Å². The maximum atomic E-state index is 14.4. The molecule has 0 radical (unpaired) electrons. The number of aromatic carboxylic acids is 1. The number of carbonyl (C=O) groups excluding carboxylic acids is 1. The number of hydrogen-bond acceptors (Lipinski definition) is 5. The van der Waals surface area contributed by atoms with E-state index >= 15 is 0 Å². The molecule has 1 unspecified atom stereocenters. The van der Waals surface area contributed by atoms with Crippen LogP contribution in [0.25, 0.3) is 22.2 Å². The van der Waals surface area contributed by atoms with Crippen molar-refractivity contribution in [2.75, 3.05) is 14.2 Å². The number of para-hydroxylation sites is 1. The average Bonchev–Trinajstić information content (AvgIpc) is 3.42. The Bertz CT molecular complexity index is 1780. The minimum Gasteiger partial charge on any atom is -0.496 e. The quantitative estimate of drug-likeness (QED) is 0.173. The number of aromatic nitrogens is 2. The van der Waals surface area contributed by atoms with Gasteiger partial charge >= 0.3 is 5.97 Å². The van der Waals surface area contributed by atoms with Crippen LogP contribution in [-0.4, -0.2) is 41.2 Å². The van der Waals surface area contributed by atoms with Crippen LogP contribution >= 0.6 is 11.6 Å². The number of carbonyl (C=O) groups is 2. The summed E-state index contributed by atoms with van der Waals surface area (Å²) in [5, 5.41) is 13.8. The first-order valence-electron chi connectivity index (χ1n) is 13.9. The maximum Gasteiger partial charge on any atom is 0.336 e. The van der Waals surface area contributed by atoms with Crippen molar-refractivity contribution in [3.8, 4) is 11.5 Å². The van der Waals surface area contributed by atoms with Crippen molar-refractivity contribution in [1.29, 1.82) is 0 Å². The van der Waals surface area contributed by atoms with Crippen molar-refractivity contribution < 1.29 is 28.6 Å². The van der Waals surface area contributed by atoms with Crippen molar-refractivity contribution in [3.05, 3.63) is 99.6 Å². The van der Waals surface area contributed by atoms with Crippen LogP contribution in [0.3, 0.4) is 0 Å². The number of methoxy groups -OCH3 is 2. The fourth-order valence-electron chi connectivity index (χ4n) is 5.39. The minimum atomic E-state index is -1.21. The van der Waals surface area contributed by atoms with Gasteiger partial charge in [-0.25, -0.2) is 14.2 Å². The van der Waals surface area contributed by atoms with Crippen LogP contribution in [0.5, 0.6) is 11.5 Å². The summed E-state index contributed by atoms with van der Waals surface area (Å²) in [6.07, 6.45) is 4.51. The molecule has 0 saturated carbocycles. The van der Waals surface area contributed by atoms with Crippen molar-refractivity contribution in [1.82, 2.24) is 15.3 Å². The van der Waals surface area contributed by atoms with Gasteiger partial charge in [-0.1, -0.05) is 55.3 Å². The maximum absolute atomic E-state index is 14.4. The Morgan fingerprint density at radius 2 is 1.88 bits per heavy atom. The van der Waals surface area contributed by atoms with Gasteiger partial charge in [0.15, 0.2) is 11.6 Å². The molecule has 43 heavy (non-hydrogen) atoms. The Morgan fingerprint density at radius 1 is 1.12 bits per heavy atom. The van der Waals surface area contributed by atoms with E-state index in [9.17, 15) is 19.1 Å². The number of benzene rings is 3. The number of amides is 1. The second-order valence-electron chi connectivity index (χ2n) is 10.1. The standard InChI is InChI=1S/C33H31ClFN3O5/c1-4-8-25(20-9-5-6-12-28(20)42-2)38-32(39)18-13-14-19(22(15-18)33(40)41)30-21(10-7-11-23(30)34)31-36-26-16-24(35)29(43-3)17-27(26)37-31/h5-6,9-10,12-17,25H,4,7-8,11H2,1-3H3,(H,36,37)(H,38,39)(H,40,41). The smallest absolute Gasteiger partial charge is 0.336 e. The largest absolute Gasteiger partial charge is 0.496 e. The van der Waals surface area contributed by atoms with E-state index in [0.29, 0.717) is 63.6 Å². The van der Waals surface area contributed by atoms with Crippen LogP contribution in [0.15, 0.2) is 65.7 Å². The second kappa shape index (κ2) is 12.7. The van der Waals surface area contributed by atoms with Gasteiger partial charge in [-0.3, -0.25) is 4.79 Å². The van der Waals surface area contributed by atoms with E-state index in [2.05, 4.69) is 15.3 Å². The highest BCUT2D eigenvalue weighted by Gasteiger charge is 2.27. The molecule has 10 heteroatoms. The van der Waals surface area contributed by atoms with Crippen molar-refractivity contribution in [2.24, 2.45) is 0 Å². The lowest BCUT2D eigenvalue weighted by Crippen LogP contribution is -2.29. The molecule has 0 fully saturated rings. The average molecular weight is 604 g/mol. The molecular formula is C33H31ClFN3O5. The summed E-state index contributed by atoms with van der Waals surface area (Å²) in [5.74, 6) is -1.03. The first kappa shape index (κ1) is 29.8. The molecule has 3 N–H and O–H groups in total.